The molecule has 0 heterocycles. The molecule has 0 bridgehead atoms. The number of rotatable bonds is 7. The molecule has 1 aromatic carbocycles. The van der Waals surface area contributed by atoms with Gasteiger partial charge in [-0.05, 0) is 42.4 Å². The van der Waals surface area contributed by atoms with Crippen LogP contribution in [0, 0.1) is 5.41 Å². The monoisotopic (exact) mass is 427 g/mol. The first-order chi connectivity index (χ1) is 13.5. The minimum Gasteiger partial charge on any atom is -0.383 e. The number of imide groups is 2. The number of unbranched alkanes of at least 4 members (excludes halogenated alkanes) is 1. The average Bonchev–Trinajstić information content (AvgIpc) is 2.67. The Morgan fingerprint density at radius 3 is 2.24 bits per heavy atom. The Bertz CT molecular complexity index is 703. The van der Waals surface area contributed by atoms with Gasteiger partial charge in [-0.3, -0.25) is 10.0 Å². The predicted molar refractivity (Wildman–Crippen MR) is 110 cm³/mol. The van der Waals surface area contributed by atoms with Crippen LogP contribution in [0.5, 0.6) is 0 Å². The second-order valence-electron chi connectivity index (χ2n) is 8.02. The highest BCUT2D eigenvalue weighted by Gasteiger charge is 2.34. The molecule has 0 aromatic heterocycles. The molecule has 0 unspecified atom stereocenters. The van der Waals surface area contributed by atoms with E-state index in [1.165, 1.54) is 7.05 Å². The summed E-state index contributed by atoms with van der Waals surface area (Å²) in [6.45, 7) is 5.38. The van der Waals surface area contributed by atoms with Gasteiger partial charge in [0.25, 0.3) is 5.91 Å². The zero-order valence-electron chi connectivity index (χ0n) is 17.3. The molecule has 0 fully saturated rings. The maximum Gasteiger partial charge on any atom is 0.359 e. The molecule has 0 saturated heterocycles. The van der Waals surface area contributed by atoms with Crippen LogP contribution in [0.4, 0.5) is 9.59 Å². The Balaban J connectivity index is 2.59. The summed E-state index contributed by atoms with van der Waals surface area (Å²) in [7, 11) is 1.34. The van der Waals surface area contributed by atoms with Crippen LogP contribution < -0.4 is 5.32 Å². The Hall–Kier alpha value is -2.16. The molecule has 1 atom stereocenters. The van der Waals surface area contributed by atoms with Crippen LogP contribution in [0.15, 0.2) is 24.3 Å². The van der Waals surface area contributed by atoms with Gasteiger partial charge in [0, 0.05) is 18.6 Å². The molecule has 3 N–H and O–H groups in total. The number of aryl methyl sites for hydroxylation is 1. The lowest BCUT2D eigenvalue weighted by molar-refractivity contribution is -0.164. The van der Waals surface area contributed by atoms with Crippen molar-refractivity contribution in [2.24, 2.45) is 5.41 Å². The van der Waals surface area contributed by atoms with Gasteiger partial charge in [0.15, 0.2) is 0 Å². The standard InChI is InChI=1S/C20H30ClN3O5/c1-20(2,3)13-23(18(27)22-4)19(28)24(29)17(26)16(25)8-6-5-7-14-9-11-15(21)12-10-14/h9-12,16,25,29H,5-8,13H2,1-4H3,(H,22,27)/t16-/m0/s1. The van der Waals surface area contributed by atoms with Crippen molar-refractivity contribution in [3.63, 3.8) is 0 Å². The molecule has 9 heteroatoms. The zero-order chi connectivity index (χ0) is 22.2. The number of carbonyl (C=O) groups excluding carboxylic acids is 3. The maximum absolute atomic E-state index is 12.4. The van der Waals surface area contributed by atoms with Crippen LogP contribution >= 0.6 is 11.6 Å². The highest BCUT2D eigenvalue weighted by molar-refractivity contribution is 6.30. The van der Waals surface area contributed by atoms with Gasteiger partial charge in [0.1, 0.15) is 6.10 Å². The van der Waals surface area contributed by atoms with Crippen molar-refractivity contribution in [3.05, 3.63) is 34.9 Å². The third-order valence-corrected chi connectivity index (χ3v) is 4.36. The molecule has 1 aromatic rings. The average molecular weight is 428 g/mol. The molecule has 0 aliphatic rings. The Morgan fingerprint density at radius 1 is 1.14 bits per heavy atom. The number of hydrogen-bond donors (Lipinski definition) is 3. The van der Waals surface area contributed by atoms with Crippen molar-refractivity contribution >= 4 is 29.6 Å². The molecule has 29 heavy (non-hydrogen) atoms. The third kappa shape index (κ3) is 8.39. The number of aliphatic hydroxyl groups is 1. The predicted octanol–water partition coefficient (Wildman–Crippen LogP) is 3.44. The van der Waals surface area contributed by atoms with E-state index in [0.29, 0.717) is 17.9 Å². The normalized spacial score (nSPS) is 12.2. The van der Waals surface area contributed by atoms with E-state index < -0.39 is 29.5 Å². The van der Waals surface area contributed by atoms with E-state index in [4.69, 9.17) is 11.6 Å². The van der Waals surface area contributed by atoms with Crippen LogP contribution in [0.2, 0.25) is 5.02 Å². The lowest BCUT2D eigenvalue weighted by Crippen LogP contribution is -2.54. The Labute approximate surface area is 176 Å². The van der Waals surface area contributed by atoms with Crippen molar-refractivity contribution in [1.29, 1.82) is 0 Å². The number of benzene rings is 1. The van der Waals surface area contributed by atoms with E-state index in [9.17, 15) is 24.7 Å². The molecule has 0 spiro atoms. The molecule has 0 aliphatic heterocycles. The highest BCUT2D eigenvalue weighted by Crippen LogP contribution is 2.17. The van der Waals surface area contributed by atoms with Crippen molar-refractivity contribution in [3.8, 4) is 0 Å². The Kier molecular flexibility index (Phi) is 9.55. The van der Waals surface area contributed by atoms with Gasteiger partial charge in [-0.25, -0.2) is 14.5 Å². The number of halogens is 1. The van der Waals surface area contributed by atoms with Gasteiger partial charge in [-0.15, -0.1) is 5.06 Å². The lowest BCUT2D eigenvalue weighted by atomic mass is 9.96. The van der Waals surface area contributed by atoms with Gasteiger partial charge >= 0.3 is 12.1 Å². The second kappa shape index (κ2) is 11.1. The molecular weight excluding hydrogens is 398 g/mol. The largest absolute Gasteiger partial charge is 0.383 e. The first kappa shape index (κ1) is 24.9. The van der Waals surface area contributed by atoms with E-state index in [1.807, 2.05) is 12.1 Å². The summed E-state index contributed by atoms with van der Waals surface area (Å²) in [4.78, 5) is 37.3. The van der Waals surface area contributed by atoms with Gasteiger partial charge in [-0.1, -0.05) is 50.9 Å². The van der Waals surface area contributed by atoms with E-state index in [-0.39, 0.29) is 18.0 Å². The summed E-state index contributed by atoms with van der Waals surface area (Å²) in [5.74, 6) is -1.16. The van der Waals surface area contributed by atoms with Crippen LogP contribution in [0.25, 0.3) is 0 Å². The number of nitrogens with one attached hydrogen (secondary N) is 1. The van der Waals surface area contributed by atoms with Crippen molar-refractivity contribution < 1.29 is 24.7 Å². The fourth-order valence-corrected chi connectivity index (χ4v) is 2.75. The second-order valence-corrected chi connectivity index (χ2v) is 8.46. The minimum atomic E-state index is -1.55. The molecule has 0 radical (unpaired) electrons. The summed E-state index contributed by atoms with van der Waals surface area (Å²) >= 11 is 5.84. The van der Waals surface area contributed by atoms with E-state index in [1.54, 1.807) is 32.9 Å². The molecule has 0 aliphatic carbocycles. The summed E-state index contributed by atoms with van der Waals surface area (Å²) in [5.41, 5.74) is 0.629. The van der Waals surface area contributed by atoms with Crippen LogP contribution in [0.3, 0.4) is 0 Å². The Morgan fingerprint density at radius 2 is 1.72 bits per heavy atom. The molecule has 5 amide bonds. The molecule has 8 nitrogen and oxygen atoms in total. The summed E-state index contributed by atoms with van der Waals surface area (Å²) in [6, 6.07) is 5.43. The number of nitrogens with zero attached hydrogens (tertiary/aromatic N) is 2. The summed E-state index contributed by atoms with van der Waals surface area (Å²) in [6.07, 6.45) is 0.500. The number of urea groups is 2. The van der Waals surface area contributed by atoms with Gasteiger partial charge < -0.3 is 10.4 Å². The number of hydroxylamine groups is 2. The number of hydrogen-bond acceptors (Lipinski definition) is 5. The van der Waals surface area contributed by atoms with Crippen LogP contribution in [-0.4, -0.2) is 57.9 Å². The van der Waals surface area contributed by atoms with Crippen LogP contribution in [-0.2, 0) is 11.2 Å². The number of carbonyl (C=O) groups is 3. The summed E-state index contributed by atoms with van der Waals surface area (Å²) < 4.78 is 0. The van der Waals surface area contributed by atoms with Crippen molar-refractivity contribution in [2.75, 3.05) is 13.6 Å². The van der Waals surface area contributed by atoms with Gasteiger partial charge in [0.05, 0.1) is 0 Å². The lowest BCUT2D eigenvalue weighted by Gasteiger charge is -2.30. The third-order valence-electron chi connectivity index (χ3n) is 4.10. The maximum atomic E-state index is 12.4. The first-order valence-corrected chi connectivity index (χ1v) is 9.82. The number of aliphatic hydroxyl groups excluding tert-OH is 1. The van der Waals surface area contributed by atoms with E-state index in [2.05, 4.69) is 5.32 Å². The molecule has 1 rings (SSSR count). The highest BCUT2D eigenvalue weighted by atomic mass is 35.5. The fraction of sp³-hybridized carbons (Fsp3) is 0.550. The minimum absolute atomic E-state index is 0.0208. The smallest absolute Gasteiger partial charge is 0.359 e. The van der Waals surface area contributed by atoms with E-state index in [0.717, 1.165) is 16.9 Å². The zero-order valence-corrected chi connectivity index (χ0v) is 18.1. The van der Waals surface area contributed by atoms with Gasteiger partial charge in [-0.2, -0.15) is 0 Å². The molecule has 0 saturated carbocycles. The topological polar surface area (TPSA) is 110 Å². The van der Waals surface area contributed by atoms with Crippen molar-refractivity contribution in [2.45, 2.75) is 52.6 Å². The summed E-state index contributed by atoms with van der Waals surface area (Å²) in [5, 5.41) is 22.8. The van der Waals surface area contributed by atoms with E-state index >= 15 is 0 Å². The van der Waals surface area contributed by atoms with Crippen molar-refractivity contribution in [1.82, 2.24) is 15.3 Å². The number of amides is 5. The molecule has 162 valence electrons. The van der Waals surface area contributed by atoms with Gasteiger partial charge in [0.2, 0.25) is 0 Å². The quantitative estimate of drug-likeness (QED) is 0.350. The SMILES string of the molecule is CNC(=O)N(CC(C)(C)C)C(=O)N(O)C(=O)[C@@H](O)CCCCc1ccc(Cl)cc1. The fourth-order valence-electron chi connectivity index (χ4n) is 2.63. The van der Waals surface area contributed by atoms with Crippen LogP contribution in [0.1, 0.15) is 45.6 Å². The first-order valence-electron chi connectivity index (χ1n) is 9.45. The molecular formula is C20H30ClN3O5.